The fraction of sp³-hybridized carbons (Fsp3) is 0.154. The largest absolute Gasteiger partial charge is 0.496 e. The number of rotatable bonds is 5. The van der Waals surface area contributed by atoms with Crippen molar-refractivity contribution < 1.29 is 9.53 Å². The van der Waals surface area contributed by atoms with Crippen LogP contribution in [0.1, 0.15) is 32.9 Å². The Morgan fingerprint density at radius 2 is 1.75 bits per heavy atom. The summed E-state index contributed by atoms with van der Waals surface area (Å²) in [6.07, 6.45) is 1.68. The Hall–Kier alpha value is -3.38. The van der Waals surface area contributed by atoms with E-state index < -0.39 is 0 Å². The van der Waals surface area contributed by atoms with Crippen LogP contribution in [0.3, 0.4) is 0 Å². The second kappa shape index (κ2) is 9.01. The van der Waals surface area contributed by atoms with Crippen molar-refractivity contribution in [2.45, 2.75) is 20.8 Å². The Morgan fingerprint density at radius 3 is 2.44 bits per heavy atom. The first-order chi connectivity index (χ1) is 15.4. The summed E-state index contributed by atoms with van der Waals surface area (Å²) in [5.41, 5.74) is 8.41. The van der Waals surface area contributed by atoms with Gasteiger partial charge in [-0.25, -0.2) is 5.43 Å². The van der Waals surface area contributed by atoms with Crippen molar-refractivity contribution in [2.24, 2.45) is 5.10 Å². The number of benzene rings is 3. The summed E-state index contributed by atoms with van der Waals surface area (Å²) in [5.74, 6) is 0.196. The van der Waals surface area contributed by atoms with E-state index >= 15 is 0 Å². The number of fused-ring (bicyclic) bond motifs is 1. The number of halogens is 1. The molecule has 4 rings (SSSR count). The van der Waals surface area contributed by atoms with Gasteiger partial charge in [0.15, 0.2) is 0 Å². The Morgan fingerprint density at radius 1 is 1.03 bits per heavy atom. The highest BCUT2D eigenvalue weighted by molar-refractivity contribution is 9.10. The highest BCUT2D eigenvalue weighted by Gasteiger charge is 2.14. The molecule has 0 bridgehead atoms. The predicted molar refractivity (Wildman–Crippen MR) is 133 cm³/mol. The molecule has 0 saturated heterocycles. The van der Waals surface area contributed by atoms with Crippen LogP contribution in [-0.4, -0.2) is 23.8 Å². The first-order valence-electron chi connectivity index (χ1n) is 10.2. The molecule has 1 heterocycles. The van der Waals surface area contributed by atoms with Crippen molar-refractivity contribution in [3.8, 4) is 11.4 Å². The molecule has 1 N–H and O–H groups in total. The van der Waals surface area contributed by atoms with Crippen LogP contribution in [0.15, 0.2) is 70.2 Å². The number of hydrazone groups is 1. The molecular formula is C26H24BrN3O2. The molecule has 0 saturated carbocycles. The van der Waals surface area contributed by atoms with E-state index in [4.69, 9.17) is 4.74 Å². The molecule has 32 heavy (non-hydrogen) atoms. The quantitative estimate of drug-likeness (QED) is 0.272. The fourth-order valence-electron chi connectivity index (χ4n) is 3.87. The second-order valence-corrected chi connectivity index (χ2v) is 8.55. The van der Waals surface area contributed by atoms with Crippen LogP contribution in [0.25, 0.3) is 16.5 Å². The van der Waals surface area contributed by atoms with Crippen molar-refractivity contribution in [3.63, 3.8) is 0 Å². The zero-order valence-electron chi connectivity index (χ0n) is 18.4. The van der Waals surface area contributed by atoms with Crippen molar-refractivity contribution in [1.82, 2.24) is 9.99 Å². The number of aryl methyl sites for hydroxylation is 2. The van der Waals surface area contributed by atoms with E-state index in [1.54, 1.807) is 13.3 Å². The van der Waals surface area contributed by atoms with Crippen LogP contribution in [0.4, 0.5) is 0 Å². The lowest BCUT2D eigenvalue weighted by Gasteiger charge is -2.11. The predicted octanol–water partition coefficient (Wildman–Crippen LogP) is 6.09. The van der Waals surface area contributed by atoms with Gasteiger partial charge >= 0.3 is 0 Å². The average Bonchev–Trinajstić information content (AvgIpc) is 3.07. The Balaban J connectivity index is 1.58. The molecule has 5 nitrogen and oxygen atoms in total. The smallest absolute Gasteiger partial charge is 0.275 e. The molecule has 0 unspecified atom stereocenters. The third-order valence-electron chi connectivity index (χ3n) is 5.55. The van der Waals surface area contributed by atoms with E-state index in [0.29, 0.717) is 11.3 Å². The van der Waals surface area contributed by atoms with Crippen LogP contribution >= 0.6 is 15.9 Å². The summed E-state index contributed by atoms with van der Waals surface area (Å²) >= 11 is 3.56. The van der Waals surface area contributed by atoms with Gasteiger partial charge in [0.2, 0.25) is 0 Å². The Kier molecular flexibility index (Phi) is 6.15. The molecule has 0 radical (unpaired) electrons. The summed E-state index contributed by atoms with van der Waals surface area (Å²) in [4.78, 5) is 12.8. The van der Waals surface area contributed by atoms with Gasteiger partial charge in [-0.15, -0.1) is 0 Å². The van der Waals surface area contributed by atoms with Crippen molar-refractivity contribution in [1.29, 1.82) is 0 Å². The zero-order chi connectivity index (χ0) is 22.8. The number of amides is 1. The molecule has 1 aromatic heterocycles. The van der Waals surface area contributed by atoms with E-state index in [2.05, 4.69) is 69.1 Å². The lowest BCUT2D eigenvalue weighted by atomic mass is 10.1. The van der Waals surface area contributed by atoms with Gasteiger partial charge in [-0.3, -0.25) is 4.79 Å². The number of carbonyl (C=O) groups is 1. The molecular weight excluding hydrogens is 466 g/mol. The minimum atomic E-state index is -0.318. The summed E-state index contributed by atoms with van der Waals surface area (Å²) in [6, 6.07) is 19.9. The molecule has 0 atom stereocenters. The number of nitrogens with one attached hydrogen (secondary N) is 1. The number of aromatic nitrogens is 1. The van der Waals surface area contributed by atoms with Gasteiger partial charge in [0.1, 0.15) is 5.75 Å². The molecule has 6 heteroatoms. The molecule has 0 aliphatic rings. The lowest BCUT2D eigenvalue weighted by Crippen LogP contribution is -2.18. The number of nitrogens with zero attached hydrogens (tertiary/aromatic N) is 2. The van der Waals surface area contributed by atoms with Crippen molar-refractivity contribution in [3.05, 3.63) is 93.2 Å². The van der Waals surface area contributed by atoms with Crippen molar-refractivity contribution >= 4 is 38.8 Å². The highest BCUT2D eigenvalue weighted by Crippen LogP contribution is 2.26. The first-order valence-corrected chi connectivity index (χ1v) is 11.0. The van der Waals surface area contributed by atoms with Gasteiger partial charge in [0.25, 0.3) is 5.91 Å². The number of hydrogen-bond donors (Lipinski definition) is 1. The summed E-state index contributed by atoms with van der Waals surface area (Å²) < 4.78 is 8.68. The molecule has 0 aliphatic heterocycles. The third kappa shape index (κ3) is 4.18. The maximum absolute atomic E-state index is 12.8. The summed E-state index contributed by atoms with van der Waals surface area (Å²) in [7, 11) is 1.56. The fourth-order valence-corrected chi connectivity index (χ4v) is 4.12. The van der Waals surface area contributed by atoms with Gasteiger partial charge in [-0.2, -0.15) is 5.10 Å². The molecule has 0 fully saturated rings. The van der Waals surface area contributed by atoms with Gasteiger partial charge in [0, 0.05) is 27.1 Å². The monoisotopic (exact) mass is 489 g/mol. The number of hydrogen-bond acceptors (Lipinski definition) is 3. The van der Waals surface area contributed by atoms with Gasteiger partial charge in [0.05, 0.1) is 18.9 Å². The molecule has 162 valence electrons. The van der Waals surface area contributed by atoms with Crippen molar-refractivity contribution in [2.75, 3.05) is 7.11 Å². The molecule has 4 aromatic rings. The SMILES string of the molecule is COc1cc2ccccc2cc1C(=O)N/N=C\c1cc(C)n(-c2ccc(Br)c(C)c2)c1C. The van der Waals surface area contributed by atoms with Gasteiger partial charge in [-0.1, -0.05) is 40.2 Å². The van der Waals surface area contributed by atoms with E-state index in [-0.39, 0.29) is 5.91 Å². The molecule has 0 spiro atoms. The first kappa shape index (κ1) is 21.8. The maximum Gasteiger partial charge on any atom is 0.275 e. The standard InChI is InChI=1S/C26H24BrN3O2/c1-16-11-22(9-10-24(16)27)30-17(2)12-21(18(30)3)15-28-29-26(31)23-13-19-7-5-6-8-20(19)14-25(23)32-4/h5-15H,1-4H3,(H,29,31)/b28-15-. The number of carbonyl (C=O) groups excluding carboxylic acids is 1. The van der Waals surface area contributed by atoms with E-state index in [1.807, 2.05) is 43.3 Å². The number of methoxy groups -OCH3 is 1. The van der Waals surface area contributed by atoms with Gasteiger partial charge in [-0.05, 0) is 73.5 Å². The van der Waals surface area contributed by atoms with E-state index in [1.165, 1.54) is 5.56 Å². The maximum atomic E-state index is 12.8. The van der Waals surface area contributed by atoms with Crippen LogP contribution in [0, 0.1) is 20.8 Å². The Bertz CT molecular complexity index is 1350. The summed E-state index contributed by atoms with van der Waals surface area (Å²) in [5, 5.41) is 6.20. The summed E-state index contributed by atoms with van der Waals surface area (Å²) in [6.45, 7) is 6.17. The second-order valence-electron chi connectivity index (χ2n) is 7.69. The van der Waals surface area contributed by atoms with Crippen LogP contribution < -0.4 is 10.2 Å². The van der Waals surface area contributed by atoms with Crippen LogP contribution in [0.5, 0.6) is 5.75 Å². The normalized spacial score (nSPS) is 11.3. The van der Waals surface area contributed by atoms with Crippen LogP contribution in [0.2, 0.25) is 0 Å². The topological polar surface area (TPSA) is 55.6 Å². The lowest BCUT2D eigenvalue weighted by molar-refractivity contribution is 0.0952. The molecule has 0 aliphatic carbocycles. The highest BCUT2D eigenvalue weighted by atomic mass is 79.9. The number of ether oxygens (including phenoxy) is 1. The molecule has 1 amide bonds. The molecule has 3 aromatic carbocycles. The Labute approximate surface area is 195 Å². The third-order valence-corrected chi connectivity index (χ3v) is 6.44. The van der Waals surface area contributed by atoms with Gasteiger partial charge < -0.3 is 9.30 Å². The minimum absolute atomic E-state index is 0.318. The van der Waals surface area contributed by atoms with E-state index in [9.17, 15) is 4.79 Å². The van der Waals surface area contributed by atoms with Crippen LogP contribution in [-0.2, 0) is 0 Å². The zero-order valence-corrected chi connectivity index (χ0v) is 20.0. The van der Waals surface area contributed by atoms with E-state index in [0.717, 1.165) is 37.9 Å². The minimum Gasteiger partial charge on any atom is -0.496 e. The average molecular weight is 490 g/mol.